The van der Waals surface area contributed by atoms with Gasteiger partial charge in [-0.1, -0.05) is 6.07 Å². The Morgan fingerprint density at radius 1 is 1.58 bits per heavy atom. The molecule has 0 aromatic heterocycles. The minimum absolute atomic E-state index is 0.0293. The lowest BCUT2D eigenvalue weighted by molar-refractivity contribution is -0.124. The molecule has 0 aliphatic carbocycles. The molecular weight excluding hydrogens is 251 g/mol. The molecule has 0 radical (unpaired) electrons. The van der Waals surface area contributed by atoms with E-state index in [1.54, 1.807) is 11.0 Å². The van der Waals surface area contributed by atoms with Gasteiger partial charge in [-0.2, -0.15) is 0 Å². The van der Waals surface area contributed by atoms with E-state index in [9.17, 15) is 14.0 Å². The van der Waals surface area contributed by atoms with Crippen LogP contribution in [0.15, 0.2) is 18.2 Å². The number of hydrogen-bond donors (Lipinski definition) is 1. The lowest BCUT2D eigenvalue weighted by Gasteiger charge is -2.36. The van der Waals surface area contributed by atoms with Crippen molar-refractivity contribution in [2.75, 3.05) is 31.7 Å². The Morgan fingerprint density at radius 2 is 2.37 bits per heavy atom. The zero-order valence-corrected chi connectivity index (χ0v) is 10.6. The van der Waals surface area contributed by atoms with Crippen molar-refractivity contribution in [3.63, 3.8) is 0 Å². The van der Waals surface area contributed by atoms with Gasteiger partial charge in [-0.15, -0.1) is 0 Å². The zero-order chi connectivity index (χ0) is 13.8. The van der Waals surface area contributed by atoms with E-state index in [2.05, 4.69) is 5.32 Å². The van der Waals surface area contributed by atoms with E-state index in [4.69, 9.17) is 4.74 Å². The number of benzene rings is 1. The van der Waals surface area contributed by atoms with Crippen LogP contribution in [-0.4, -0.2) is 45.0 Å². The van der Waals surface area contributed by atoms with Crippen LogP contribution < -0.4 is 10.2 Å². The number of anilines is 1. The molecule has 1 saturated heterocycles. The Morgan fingerprint density at radius 3 is 3.05 bits per heavy atom. The molecule has 0 saturated carbocycles. The second-order valence-electron chi connectivity index (χ2n) is 4.19. The topological polar surface area (TPSA) is 58.6 Å². The Labute approximate surface area is 110 Å². The summed E-state index contributed by atoms with van der Waals surface area (Å²) >= 11 is 0. The summed E-state index contributed by atoms with van der Waals surface area (Å²) < 4.78 is 18.9. The number of nitrogens with zero attached hydrogens (tertiary/aromatic N) is 1. The normalized spacial score (nSPS) is 19.1. The fourth-order valence-corrected chi connectivity index (χ4v) is 2.17. The maximum Gasteiger partial charge on any atom is 0.244 e. The van der Waals surface area contributed by atoms with Crippen LogP contribution in [0, 0.1) is 5.82 Å². The van der Waals surface area contributed by atoms with Crippen molar-refractivity contribution in [3.05, 3.63) is 29.6 Å². The highest BCUT2D eigenvalue weighted by Crippen LogP contribution is 2.25. The van der Waals surface area contributed by atoms with Gasteiger partial charge in [-0.05, 0) is 12.1 Å². The number of carbonyl (C=O) groups is 2. The summed E-state index contributed by atoms with van der Waals surface area (Å²) in [6.45, 7) is 1.08. The average Bonchev–Trinajstić information content (AvgIpc) is 2.46. The second kappa shape index (κ2) is 5.79. The molecule has 1 unspecified atom stereocenters. The summed E-state index contributed by atoms with van der Waals surface area (Å²) in [7, 11) is 1.53. The first-order chi connectivity index (χ1) is 9.19. The van der Waals surface area contributed by atoms with Crippen molar-refractivity contribution in [1.29, 1.82) is 0 Å². The fraction of sp³-hybridized carbons (Fsp3) is 0.385. The summed E-state index contributed by atoms with van der Waals surface area (Å²) in [4.78, 5) is 24.6. The number of morpholine rings is 1. The molecule has 1 amide bonds. The highest BCUT2D eigenvalue weighted by Gasteiger charge is 2.30. The molecule has 5 nitrogen and oxygen atoms in total. The summed E-state index contributed by atoms with van der Waals surface area (Å²) in [6, 6.07) is 3.82. The van der Waals surface area contributed by atoms with Crippen molar-refractivity contribution < 1.29 is 18.7 Å². The summed E-state index contributed by atoms with van der Waals surface area (Å²) in [5.74, 6) is -0.810. The lowest BCUT2D eigenvalue weighted by Crippen LogP contribution is -2.53. The third-order valence-corrected chi connectivity index (χ3v) is 3.13. The Balaban J connectivity index is 2.40. The van der Waals surface area contributed by atoms with Gasteiger partial charge in [0.15, 0.2) is 6.29 Å². The third-order valence-electron chi connectivity index (χ3n) is 3.13. The number of carbonyl (C=O) groups excluding carboxylic acids is 2. The van der Waals surface area contributed by atoms with Gasteiger partial charge in [-0.25, -0.2) is 4.39 Å². The van der Waals surface area contributed by atoms with Crippen LogP contribution in [-0.2, 0) is 9.53 Å². The Hall–Kier alpha value is -1.95. The van der Waals surface area contributed by atoms with Crippen LogP contribution in [0.1, 0.15) is 10.4 Å². The van der Waals surface area contributed by atoms with E-state index >= 15 is 0 Å². The molecule has 1 aromatic carbocycles. The maximum absolute atomic E-state index is 13.6. The fourth-order valence-electron chi connectivity index (χ4n) is 2.17. The van der Waals surface area contributed by atoms with Crippen LogP contribution in [0.5, 0.6) is 0 Å². The number of halogens is 1. The molecule has 19 heavy (non-hydrogen) atoms. The molecule has 1 fully saturated rings. The number of aldehydes is 1. The second-order valence-corrected chi connectivity index (χ2v) is 4.19. The van der Waals surface area contributed by atoms with Gasteiger partial charge in [0, 0.05) is 13.6 Å². The minimum Gasteiger partial charge on any atom is -0.377 e. The number of rotatable bonds is 3. The van der Waals surface area contributed by atoms with Crippen LogP contribution in [0.4, 0.5) is 10.1 Å². The molecule has 1 N–H and O–H groups in total. The van der Waals surface area contributed by atoms with Crippen LogP contribution in [0.3, 0.4) is 0 Å². The number of likely N-dealkylation sites (N-methyl/N-ethyl adjacent to an activating group) is 1. The van der Waals surface area contributed by atoms with Crippen LogP contribution >= 0.6 is 0 Å². The first-order valence-electron chi connectivity index (χ1n) is 5.98. The van der Waals surface area contributed by atoms with Crippen molar-refractivity contribution in [2.24, 2.45) is 0 Å². The van der Waals surface area contributed by atoms with Gasteiger partial charge < -0.3 is 15.0 Å². The quantitative estimate of drug-likeness (QED) is 0.813. The lowest BCUT2D eigenvalue weighted by atomic mass is 10.1. The molecule has 1 atom stereocenters. The van der Waals surface area contributed by atoms with Gasteiger partial charge in [0.2, 0.25) is 5.91 Å². The Bertz CT molecular complexity index is 493. The minimum atomic E-state index is -0.588. The molecule has 6 heteroatoms. The van der Waals surface area contributed by atoms with E-state index in [1.165, 1.54) is 19.2 Å². The number of hydrogen-bond acceptors (Lipinski definition) is 4. The standard InChI is InChI=1S/C13H15FN2O3/c1-15-13(18)12-8-19-6-5-16(12)11-4-2-3-10(14)9(11)7-17/h2-4,7,12H,5-6,8H2,1H3,(H,15,18). The predicted molar refractivity (Wildman–Crippen MR) is 67.8 cm³/mol. The van der Waals surface area contributed by atoms with Gasteiger partial charge in [-0.3, -0.25) is 9.59 Å². The SMILES string of the molecule is CNC(=O)C1COCCN1c1cccc(F)c1C=O. The van der Waals surface area contributed by atoms with Crippen molar-refractivity contribution in [2.45, 2.75) is 6.04 Å². The molecule has 1 aliphatic rings. The van der Waals surface area contributed by atoms with Crippen LogP contribution in [0.2, 0.25) is 0 Å². The maximum atomic E-state index is 13.6. The van der Waals surface area contributed by atoms with Crippen molar-refractivity contribution in [1.82, 2.24) is 5.32 Å². The summed E-state index contributed by atoms with van der Waals surface area (Å²) in [6.07, 6.45) is 0.473. The van der Waals surface area contributed by atoms with E-state index < -0.39 is 11.9 Å². The molecule has 102 valence electrons. The number of ether oxygens (including phenoxy) is 1. The average molecular weight is 266 g/mol. The molecule has 1 aromatic rings. The summed E-state index contributed by atoms with van der Waals surface area (Å²) in [5, 5.41) is 2.54. The summed E-state index contributed by atoms with van der Waals surface area (Å²) in [5.41, 5.74) is 0.394. The van der Waals surface area contributed by atoms with Gasteiger partial charge in [0.05, 0.1) is 24.5 Å². The molecule has 1 heterocycles. The first kappa shape index (κ1) is 13.5. The van der Waals surface area contributed by atoms with E-state index in [0.29, 0.717) is 25.1 Å². The largest absolute Gasteiger partial charge is 0.377 e. The highest BCUT2D eigenvalue weighted by atomic mass is 19.1. The van der Waals surface area contributed by atoms with Gasteiger partial charge in [0.1, 0.15) is 11.9 Å². The zero-order valence-electron chi connectivity index (χ0n) is 10.6. The molecule has 2 rings (SSSR count). The van der Waals surface area contributed by atoms with E-state index in [-0.39, 0.29) is 18.1 Å². The van der Waals surface area contributed by atoms with Crippen molar-refractivity contribution in [3.8, 4) is 0 Å². The van der Waals surface area contributed by atoms with E-state index in [0.717, 1.165) is 0 Å². The number of nitrogens with one attached hydrogen (secondary N) is 1. The molecule has 0 bridgehead atoms. The first-order valence-corrected chi connectivity index (χ1v) is 5.98. The van der Waals surface area contributed by atoms with Crippen molar-refractivity contribution >= 4 is 17.9 Å². The highest BCUT2D eigenvalue weighted by molar-refractivity contribution is 5.90. The molecule has 0 spiro atoms. The third kappa shape index (κ3) is 2.58. The Kier molecular flexibility index (Phi) is 4.11. The predicted octanol–water partition coefficient (Wildman–Crippen LogP) is 0.589. The van der Waals surface area contributed by atoms with Gasteiger partial charge >= 0.3 is 0 Å². The van der Waals surface area contributed by atoms with Gasteiger partial charge in [0.25, 0.3) is 0 Å². The molecular formula is C13H15FN2O3. The smallest absolute Gasteiger partial charge is 0.244 e. The van der Waals surface area contributed by atoms with E-state index in [1.807, 2.05) is 0 Å². The van der Waals surface area contributed by atoms with Crippen LogP contribution in [0.25, 0.3) is 0 Å². The monoisotopic (exact) mass is 266 g/mol. The number of amides is 1. The molecule has 1 aliphatic heterocycles.